The van der Waals surface area contributed by atoms with Crippen molar-refractivity contribution in [2.24, 2.45) is 0 Å². The summed E-state index contributed by atoms with van der Waals surface area (Å²) in [5, 5.41) is 14.0. The molecule has 5 nitrogen and oxygen atoms in total. The van der Waals surface area contributed by atoms with Gasteiger partial charge in [0.25, 0.3) is 5.91 Å². The minimum atomic E-state index is -0.562. The fourth-order valence-electron chi connectivity index (χ4n) is 3.33. The van der Waals surface area contributed by atoms with Gasteiger partial charge in [0.2, 0.25) is 0 Å². The van der Waals surface area contributed by atoms with E-state index in [9.17, 15) is 9.18 Å². The predicted octanol–water partition coefficient (Wildman–Crippen LogP) is 4.97. The summed E-state index contributed by atoms with van der Waals surface area (Å²) in [6.07, 6.45) is 0. The first kappa shape index (κ1) is 17.1. The number of hydrogen-bond donors (Lipinski definition) is 1. The Bertz CT molecular complexity index is 1370. The van der Waals surface area contributed by atoms with Crippen molar-refractivity contribution in [3.05, 3.63) is 96.3 Å². The quantitative estimate of drug-likeness (QED) is 0.479. The van der Waals surface area contributed by atoms with Crippen LogP contribution in [-0.4, -0.2) is 20.9 Å². The summed E-state index contributed by atoms with van der Waals surface area (Å²) in [5.41, 5.74) is 2.71. The highest BCUT2D eigenvalue weighted by Gasteiger charge is 2.13. The Hall–Kier alpha value is -4.06. The second kappa shape index (κ2) is 6.83. The van der Waals surface area contributed by atoms with Crippen molar-refractivity contribution < 1.29 is 9.18 Å². The van der Waals surface area contributed by atoms with Gasteiger partial charge >= 0.3 is 0 Å². The molecule has 0 aliphatic carbocycles. The highest BCUT2D eigenvalue weighted by molar-refractivity contribution is 6.05. The van der Waals surface area contributed by atoms with E-state index in [4.69, 9.17) is 0 Å². The van der Waals surface area contributed by atoms with E-state index in [-0.39, 0.29) is 5.56 Å². The normalized spacial score (nSPS) is 11.1. The third kappa shape index (κ3) is 3.10. The smallest absolute Gasteiger partial charge is 0.258 e. The monoisotopic (exact) mass is 382 g/mol. The molecule has 0 fully saturated rings. The van der Waals surface area contributed by atoms with Crippen molar-refractivity contribution in [3.63, 3.8) is 0 Å². The lowest BCUT2D eigenvalue weighted by Gasteiger charge is -2.05. The summed E-state index contributed by atoms with van der Waals surface area (Å²) < 4.78 is 13.8. The van der Waals surface area contributed by atoms with Crippen LogP contribution >= 0.6 is 0 Å². The van der Waals surface area contributed by atoms with Crippen LogP contribution < -0.4 is 5.32 Å². The summed E-state index contributed by atoms with van der Waals surface area (Å²) in [6.45, 7) is 0. The molecule has 29 heavy (non-hydrogen) atoms. The number of carbonyl (C=O) groups is 1. The Morgan fingerprint density at radius 3 is 2.48 bits per heavy atom. The van der Waals surface area contributed by atoms with Gasteiger partial charge in [-0.15, -0.1) is 15.0 Å². The summed E-state index contributed by atoms with van der Waals surface area (Å²) in [6, 6.07) is 25.1. The van der Waals surface area contributed by atoms with Gasteiger partial charge in [0.1, 0.15) is 16.9 Å². The minimum Gasteiger partial charge on any atom is -0.322 e. The van der Waals surface area contributed by atoms with Crippen molar-refractivity contribution in [2.75, 3.05) is 5.32 Å². The molecular weight excluding hydrogens is 367 g/mol. The number of nitrogens with zero attached hydrogens (tertiary/aromatic N) is 3. The van der Waals surface area contributed by atoms with Gasteiger partial charge in [-0.3, -0.25) is 4.79 Å². The van der Waals surface area contributed by atoms with Crippen LogP contribution in [0.1, 0.15) is 10.4 Å². The van der Waals surface area contributed by atoms with E-state index in [1.165, 1.54) is 12.1 Å². The third-order valence-electron chi connectivity index (χ3n) is 4.74. The van der Waals surface area contributed by atoms with Gasteiger partial charge in [0, 0.05) is 11.1 Å². The Labute approximate surface area is 165 Å². The summed E-state index contributed by atoms with van der Waals surface area (Å²) >= 11 is 0. The van der Waals surface area contributed by atoms with Crippen molar-refractivity contribution in [1.82, 2.24) is 15.0 Å². The van der Waals surface area contributed by atoms with Crippen LogP contribution in [0, 0.1) is 5.82 Å². The van der Waals surface area contributed by atoms with Crippen molar-refractivity contribution in [2.45, 2.75) is 0 Å². The number of aromatic nitrogens is 3. The molecule has 1 N–H and O–H groups in total. The minimum absolute atomic E-state index is 0.00740. The van der Waals surface area contributed by atoms with Crippen LogP contribution in [0.3, 0.4) is 0 Å². The number of rotatable bonds is 3. The van der Waals surface area contributed by atoms with E-state index in [0.717, 1.165) is 16.5 Å². The Kier molecular flexibility index (Phi) is 4.02. The fraction of sp³-hybridized carbons (Fsp3) is 0. The van der Waals surface area contributed by atoms with Crippen LogP contribution in [0.5, 0.6) is 0 Å². The first-order valence-corrected chi connectivity index (χ1v) is 9.10. The number of anilines is 1. The molecule has 5 aromatic rings. The molecule has 6 heteroatoms. The van der Waals surface area contributed by atoms with Crippen molar-refractivity contribution in [1.29, 1.82) is 0 Å². The van der Waals surface area contributed by atoms with Gasteiger partial charge in [0.15, 0.2) is 0 Å². The zero-order chi connectivity index (χ0) is 19.8. The number of carbonyl (C=O) groups excluding carboxylic acids is 1. The van der Waals surface area contributed by atoms with Crippen LogP contribution in [0.4, 0.5) is 10.1 Å². The second-order valence-corrected chi connectivity index (χ2v) is 6.63. The Morgan fingerprint density at radius 2 is 1.59 bits per heavy atom. The Morgan fingerprint density at radius 1 is 0.828 bits per heavy atom. The second-order valence-electron chi connectivity index (χ2n) is 6.63. The van der Waals surface area contributed by atoms with E-state index < -0.39 is 11.7 Å². The number of fused-ring (bicyclic) bond motifs is 2. The van der Waals surface area contributed by atoms with Gasteiger partial charge in [-0.05, 0) is 41.8 Å². The lowest BCUT2D eigenvalue weighted by Crippen LogP contribution is -2.13. The maximum absolute atomic E-state index is 13.8. The molecule has 1 aromatic heterocycles. The highest BCUT2D eigenvalue weighted by atomic mass is 19.1. The standard InChI is InChI=1S/C23H15FN4O/c24-19-10-4-3-9-18(19)23(29)25-16-12-13-20-21(14-16)27-28(26-20)22-11-5-7-15-6-1-2-8-17(15)22/h1-14H,(H,25,29). The van der Waals surface area contributed by atoms with Gasteiger partial charge < -0.3 is 5.32 Å². The first-order valence-electron chi connectivity index (χ1n) is 9.10. The number of benzene rings is 4. The molecule has 5 rings (SSSR count). The molecule has 0 radical (unpaired) electrons. The van der Waals surface area contributed by atoms with Crippen LogP contribution in [0.2, 0.25) is 0 Å². The SMILES string of the molecule is O=C(Nc1ccc2nn(-c3cccc4ccccc34)nc2c1)c1ccccc1F. The van der Waals surface area contributed by atoms with Gasteiger partial charge in [-0.2, -0.15) is 0 Å². The molecule has 0 spiro atoms. The van der Waals surface area contributed by atoms with Crippen LogP contribution in [0.15, 0.2) is 84.9 Å². The van der Waals surface area contributed by atoms with Gasteiger partial charge in [-0.1, -0.05) is 48.5 Å². The molecular formula is C23H15FN4O. The molecule has 4 aromatic carbocycles. The number of hydrogen-bond acceptors (Lipinski definition) is 3. The fourth-order valence-corrected chi connectivity index (χ4v) is 3.33. The lowest BCUT2D eigenvalue weighted by molar-refractivity contribution is 0.102. The molecule has 0 atom stereocenters. The number of nitrogens with one attached hydrogen (secondary N) is 1. The zero-order valence-electron chi connectivity index (χ0n) is 15.2. The molecule has 0 aliphatic heterocycles. The maximum Gasteiger partial charge on any atom is 0.258 e. The number of amides is 1. The van der Waals surface area contributed by atoms with E-state index in [2.05, 4.69) is 15.5 Å². The summed E-state index contributed by atoms with van der Waals surface area (Å²) in [5.74, 6) is -1.07. The summed E-state index contributed by atoms with van der Waals surface area (Å²) in [4.78, 5) is 13.9. The van der Waals surface area contributed by atoms with Crippen LogP contribution in [0.25, 0.3) is 27.5 Å². The molecule has 0 aliphatic rings. The molecule has 140 valence electrons. The van der Waals surface area contributed by atoms with E-state index in [1.807, 2.05) is 42.5 Å². The summed E-state index contributed by atoms with van der Waals surface area (Å²) in [7, 11) is 0. The lowest BCUT2D eigenvalue weighted by atomic mass is 10.1. The molecule has 0 bridgehead atoms. The van der Waals surface area contributed by atoms with Gasteiger partial charge in [-0.25, -0.2) is 4.39 Å². The predicted molar refractivity (Wildman–Crippen MR) is 111 cm³/mol. The Balaban J connectivity index is 1.51. The average molecular weight is 382 g/mol. The molecule has 1 amide bonds. The van der Waals surface area contributed by atoms with E-state index in [0.29, 0.717) is 16.7 Å². The van der Waals surface area contributed by atoms with Crippen molar-refractivity contribution >= 4 is 33.4 Å². The average Bonchev–Trinajstić information content (AvgIpc) is 3.17. The largest absolute Gasteiger partial charge is 0.322 e. The number of halogens is 1. The third-order valence-corrected chi connectivity index (χ3v) is 4.74. The van der Waals surface area contributed by atoms with Crippen molar-refractivity contribution in [3.8, 4) is 5.69 Å². The van der Waals surface area contributed by atoms with E-state index in [1.54, 1.807) is 35.1 Å². The first-order chi connectivity index (χ1) is 14.2. The topological polar surface area (TPSA) is 59.8 Å². The van der Waals surface area contributed by atoms with Crippen LogP contribution in [-0.2, 0) is 0 Å². The molecule has 1 heterocycles. The van der Waals surface area contributed by atoms with Gasteiger partial charge in [0.05, 0.1) is 11.3 Å². The molecule has 0 saturated heterocycles. The molecule has 0 unspecified atom stereocenters. The molecule has 0 saturated carbocycles. The maximum atomic E-state index is 13.8. The zero-order valence-corrected chi connectivity index (χ0v) is 15.2. The highest BCUT2D eigenvalue weighted by Crippen LogP contribution is 2.23. The van der Waals surface area contributed by atoms with E-state index >= 15 is 0 Å².